The Morgan fingerprint density at radius 2 is 1.91 bits per heavy atom. The van der Waals surface area contributed by atoms with Gasteiger partial charge in [-0.1, -0.05) is 48.0 Å². The highest BCUT2D eigenvalue weighted by Crippen LogP contribution is 2.35. The number of para-hydroxylation sites is 1. The molecule has 0 bridgehead atoms. The monoisotopic (exact) mass is 688 g/mol. The van der Waals surface area contributed by atoms with Gasteiger partial charge in [-0.05, 0) is 71.8 Å². The van der Waals surface area contributed by atoms with E-state index >= 15 is 0 Å². The highest BCUT2D eigenvalue weighted by molar-refractivity contribution is 9.10. The molecule has 0 saturated heterocycles. The van der Waals surface area contributed by atoms with Gasteiger partial charge in [0.1, 0.15) is 18.2 Å². The molecule has 3 N–H and O–H groups in total. The molecular weight excluding hydrogens is 663 g/mol. The number of nitrogens with zero attached hydrogens (tertiary/aromatic N) is 1. The van der Waals surface area contributed by atoms with Crippen LogP contribution in [0.25, 0.3) is 0 Å². The van der Waals surface area contributed by atoms with Crippen molar-refractivity contribution < 1.29 is 28.2 Å². The molecule has 4 rings (SSSR count). The van der Waals surface area contributed by atoms with Gasteiger partial charge in [-0.3, -0.25) is 4.79 Å². The number of hydrazone groups is 1. The summed E-state index contributed by atoms with van der Waals surface area (Å²) >= 11 is 15.1. The zero-order valence-corrected chi connectivity index (χ0v) is 26.2. The fraction of sp³-hybridized carbons (Fsp3) is 0.200. The molecule has 9 nitrogen and oxygen atoms in total. The van der Waals surface area contributed by atoms with Crippen LogP contribution in [0.1, 0.15) is 36.6 Å². The van der Waals surface area contributed by atoms with Crippen molar-refractivity contribution in [2.24, 2.45) is 5.10 Å². The molecule has 43 heavy (non-hydrogen) atoms. The second-order valence-electron chi connectivity index (χ2n) is 9.10. The summed E-state index contributed by atoms with van der Waals surface area (Å²) in [7, 11) is 0. The predicted molar refractivity (Wildman–Crippen MR) is 169 cm³/mol. The second-order valence-corrected chi connectivity index (χ2v) is 10.8. The van der Waals surface area contributed by atoms with Crippen LogP contribution in [0, 0.1) is 5.82 Å². The topological polar surface area (TPSA) is 110 Å². The smallest absolute Gasteiger partial charge is 0.338 e. The van der Waals surface area contributed by atoms with Crippen LogP contribution in [0.2, 0.25) is 5.02 Å². The van der Waals surface area contributed by atoms with Crippen molar-refractivity contribution in [2.75, 3.05) is 13.2 Å². The van der Waals surface area contributed by atoms with Gasteiger partial charge >= 0.3 is 5.97 Å². The minimum absolute atomic E-state index is 0.00196. The third-order valence-electron chi connectivity index (χ3n) is 6.11. The zero-order valence-electron chi connectivity index (χ0n) is 23.1. The van der Waals surface area contributed by atoms with Gasteiger partial charge in [-0.15, -0.1) is 0 Å². The van der Waals surface area contributed by atoms with Crippen LogP contribution in [-0.2, 0) is 20.9 Å². The third kappa shape index (κ3) is 8.31. The van der Waals surface area contributed by atoms with Gasteiger partial charge in [-0.25, -0.2) is 14.6 Å². The lowest BCUT2D eigenvalue weighted by atomic mass is 9.95. The number of nitrogens with one attached hydrogen (secondary N) is 3. The number of carbonyl (C=O) groups excluding carboxylic acids is 2. The maximum atomic E-state index is 13.9. The van der Waals surface area contributed by atoms with Crippen LogP contribution in [0.15, 0.2) is 81.5 Å². The van der Waals surface area contributed by atoms with Gasteiger partial charge in [-0.2, -0.15) is 5.10 Å². The van der Waals surface area contributed by atoms with Crippen LogP contribution in [0.3, 0.4) is 0 Å². The Balaban J connectivity index is 1.38. The number of rotatable bonds is 11. The normalized spacial score (nSPS) is 14.6. The highest BCUT2D eigenvalue weighted by atomic mass is 79.9. The number of esters is 1. The number of hydrogen-bond donors (Lipinski definition) is 3. The van der Waals surface area contributed by atoms with E-state index in [2.05, 4.69) is 37.1 Å². The Bertz CT molecular complexity index is 1580. The summed E-state index contributed by atoms with van der Waals surface area (Å²) in [5, 5.41) is 10.6. The molecule has 0 spiro atoms. The molecule has 1 heterocycles. The van der Waals surface area contributed by atoms with Gasteiger partial charge in [0.05, 0.1) is 33.9 Å². The molecule has 1 aliphatic rings. The van der Waals surface area contributed by atoms with Crippen LogP contribution in [0.4, 0.5) is 4.39 Å². The van der Waals surface area contributed by atoms with Crippen molar-refractivity contribution in [2.45, 2.75) is 26.5 Å². The molecule has 3 aromatic carbocycles. The van der Waals surface area contributed by atoms with E-state index in [9.17, 15) is 14.0 Å². The zero-order chi connectivity index (χ0) is 30.9. The number of amides is 1. The Labute approximate surface area is 266 Å². The lowest BCUT2D eigenvalue weighted by Crippen LogP contribution is -2.45. The van der Waals surface area contributed by atoms with Gasteiger partial charge in [0.2, 0.25) is 0 Å². The van der Waals surface area contributed by atoms with E-state index in [1.807, 2.05) is 0 Å². The summed E-state index contributed by atoms with van der Waals surface area (Å²) in [4.78, 5) is 25.2. The lowest BCUT2D eigenvalue weighted by molar-refractivity contribution is -0.139. The van der Waals surface area contributed by atoms with E-state index in [1.165, 1.54) is 12.3 Å². The van der Waals surface area contributed by atoms with E-state index in [0.717, 1.165) is 0 Å². The number of benzene rings is 3. The Kier molecular flexibility index (Phi) is 11.1. The molecule has 3 aromatic rings. The molecule has 0 aliphatic carbocycles. The van der Waals surface area contributed by atoms with Gasteiger partial charge in [0.15, 0.2) is 17.5 Å². The molecule has 224 valence electrons. The van der Waals surface area contributed by atoms with E-state index in [1.54, 1.807) is 68.4 Å². The highest BCUT2D eigenvalue weighted by Gasteiger charge is 2.32. The quantitative estimate of drug-likeness (QED) is 0.102. The van der Waals surface area contributed by atoms with Gasteiger partial charge < -0.3 is 24.8 Å². The molecule has 1 atom stereocenters. The van der Waals surface area contributed by atoms with Crippen molar-refractivity contribution in [3.05, 3.63) is 104 Å². The summed E-state index contributed by atoms with van der Waals surface area (Å²) in [6, 6.07) is 15.9. The maximum Gasteiger partial charge on any atom is 0.338 e. The number of allylic oxidation sites excluding steroid dienone is 1. The average Bonchev–Trinajstić information content (AvgIpc) is 2.96. The Morgan fingerprint density at radius 1 is 1.16 bits per heavy atom. The van der Waals surface area contributed by atoms with Crippen LogP contribution in [0.5, 0.6) is 11.5 Å². The largest absolute Gasteiger partial charge is 0.486 e. The number of halogens is 3. The van der Waals surface area contributed by atoms with E-state index in [-0.39, 0.29) is 30.7 Å². The molecule has 1 amide bonds. The Morgan fingerprint density at radius 3 is 2.65 bits per heavy atom. The van der Waals surface area contributed by atoms with Crippen molar-refractivity contribution in [1.29, 1.82) is 0 Å². The first-order chi connectivity index (χ1) is 20.7. The Hall–Kier alpha value is -4.00. The number of carbonyl (C=O) groups is 2. The molecule has 0 radical (unpaired) electrons. The first-order valence-electron chi connectivity index (χ1n) is 13.0. The lowest BCUT2D eigenvalue weighted by Gasteiger charge is -2.30. The summed E-state index contributed by atoms with van der Waals surface area (Å²) in [6.45, 7) is 3.32. The molecule has 0 unspecified atom stereocenters. The first kappa shape index (κ1) is 31.9. The third-order valence-corrected chi connectivity index (χ3v) is 7.20. The van der Waals surface area contributed by atoms with Crippen LogP contribution in [-0.4, -0.2) is 36.4 Å². The summed E-state index contributed by atoms with van der Waals surface area (Å²) in [5.74, 6) is -0.668. The summed E-state index contributed by atoms with van der Waals surface area (Å²) in [6.07, 6.45) is 1.40. The van der Waals surface area contributed by atoms with Crippen molar-refractivity contribution in [1.82, 2.24) is 16.1 Å². The number of ether oxygens (including phenoxy) is 3. The maximum absolute atomic E-state index is 13.9. The number of thiocarbonyl (C=S) groups is 1. The first-order valence-corrected chi connectivity index (χ1v) is 14.6. The average molecular weight is 690 g/mol. The summed E-state index contributed by atoms with van der Waals surface area (Å²) in [5.41, 5.74) is 4.89. The van der Waals surface area contributed by atoms with E-state index < -0.39 is 17.9 Å². The van der Waals surface area contributed by atoms with Crippen molar-refractivity contribution in [3.8, 4) is 11.5 Å². The fourth-order valence-corrected chi connectivity index (χ4v) is 5.43. The molecule has 1 aliphatic heterocycles. The minimum atomic E-state index is -0.646. The molecule has 0 aromatic heterocycles. The predicted octanol–water partition coefficient (Wildman–Crippen LogP) is 5.71. The second kappa shape index (κ2) is 14.9. The fourth-order valence-electron chi connectivity index (χ4n) is 4.17. The molecule has 13 heteroatoms. The van der Waals surface area contributed by atoms with Crippen molar-refractivity contribution in [3.63, 3.8) is 0 Å². The SMILES string of the molecule is CCOC(=O)C1=C(C)NC(=S)N[C@@H]1c1ccccc1OCC(=O)NN=Cc1cc(Cl)c(OCc2ccccc2F)c(Br)c1. The molecular formula is C30H27BrClFN4O5S. The van der Waals surface area contributed by atoms with Crippen LogP contribution < -0.4 is 25.5 Å². The van der Waals surface area contributed by atoms with Crippen LogP contribution >= 0.6 is 39.7 Å². The molecule has 0 saturated carbocycles. The van der Waals surface area contributed by atoms with Gasteiger partial charge in [0.25, 0.3) is 5.91 Å². The van der Waals surface area contributed by atoms with Gasteiger partial charge in [0, 0.05) is 16.8 Å². The van der Waals surface area contributed by atoms with E-state index in [4.69, 9.17) is 38.0 Å². The standard InChI is InChI=1S/C30H27BrClFN4O5S/c1-3-40-29(39)26-17(2)35-30(43)36-27(26)20-9-5-7-11-24(20)41-16-25(38)37-34-14-18-12-21(31)28(22(32)13-18)42-15-19-8-4-6-10-23(19)33/h4-14,27H,3,15-16H2,1-2H3,(H,37,38)(H2,35,36,43)/t27-/m1/s1. The summed E-state index contributed by atoms with van der Waals surface area (Å²) < 4.78 is 31.2. The van der Waals surface area contributed by atoms with E-state index in [0.29, 0.717) is 49.0 Å². The molecule has 0 fully saturated rings. The van der Waals surface area contributed by atoms with Crippen molar-refractivity contribution >= 4 is 63.0 Å². The number of hydrogen-bond acceptors (Lipinski definition) is 7. The minimum Gasteiger partial charge on any atom is -0.486 e.